The summed E-state index contributed by atoms with van der Waals surface area (Å²) in [5, 5.41) is 13.6. The van der Waals surface area contributed by atoms with Crippen LogP contribution in [0.25, 0.3) is 0 Å². The van der Waals surface area contributed by atoms with Crippen LogP contribution in [0.5, 0.6) is 5.75 Å². The molecule has 1 saturated heterocycles. The Labute approximate surface area is 177 Å². The summed E-state index contributed by atoms with van der Waals surface area (Å²) < 4.78 is 5.60. The number of hydrogen-bond donors (Lipinski definition) is 2. The lowest BCUT2D eigenvalue weighted by Gasteiger charge is -2.34. The second-order valence-corrected chi connectivity index (χ2v) is 8.01. The summed E-state index contributed by atoms with van der Waals surface area (Å²) in [4.78, 5) is 40.5. The molecule has 1 atom stereocenters. The largest absolute Gasteiger partial charge is 0.535 e. The molecule has 8 nitrogen and oxygen atoms in total. The monoisotopic (exact) mass is 415 g/mol. The Kier molecular flexibility index (Phi) is 7.63. The lowest BCUT2D eigenvalue weighted by Crippen LogP contribution is -2.53. The zero-order valence-corrected chi connectivity index (χ0v) is 17.7. The highest BCUT2D eigenvalue weighted by atomic mass is 16.5. The number of nitrogens with one attached hydrogen (secondary N) is 1. The fourth-order valence-corrected chi connectivity index (χ4v) is 4.03. The van der Waals surface area contributed by atoms with Gasteiger partial charge >= 0.3 is 7.12 Å². The van der Waals surface area contributed by atoms with E-state index < -0.39 is 12.9 Å². The van der Waals surface area contributed by atoms with Crippen molar-refractivity contribution in [3.05, 3.63) is 29.3 Å². The van der Waals surface area contributed by atoms with Crippen LogP contribution in [0.4, 0.5) is 0 Å². The maximum absolute atomic E-state index is 12.6. The Morgan fingerprint density at radius 3 is 2.83 bits per heavy atom. The molecule has 2 aliphatic heterocycles. The number of Topliss-reactive ketones (excluding diaryl/α,β-unsaturated/α-hetero) is 2. The molecule has 1 aromatic carbocycles. The maximum Gasteiger partial charge on any atom is 0.526 e. The van der Waals surface area contributed by atoms with Crippen molar-refractivity contribution < 1.29 is 24.1 Å². The third-order valence-corrected chi connectivity index (χ3v) is 5.71. The van der Waals surface area contributed by atoms with E-state index in [1.807, 2.05) is 13.0 Å². The Morgan fingerprint density at radius 2 is 2.13 bits per heavy atom. The molecule has 0 unspecified atom stereocenters. The first kappa shape index (κ1) is 22.5. The summed E-state index contributed by atoms with van der Waals surface area (Å²) in [5.41, 5.74) is 1.25. The third kappa shape index (κ3) is 5.47. The summed E-state index contributed by atoms with van der Waals surface area (Å²) >= 11 is 0. The molecule has 9 heteroatoms. The van der Waals surface area contributed by atoms with Crippen LogP contribution in [0.1, 0.15) is 36.2 Å². The number of hydrogen-bond acceptors (Lipinski definition) is 7. The molecule has 3 rings (SSSR count). The van der Waals surface area contributed by atoms with Crippen molar-refractivity contribution >= 4 is 24.6 Å². The second-order valence-electron chi connectivity index (χ2n) is 8.01. The van der Waals surface area contributed by atoms with E-state index in [-0.39, 0.29) is 30.4 Å². The van der Waals surface area contributed by atoms with Gasteiger partial charge in [0.15, 0.2) is 11.6 Å². The maximum atomic E-state index is 12.6. The quantitative estimate of drug-likeness (QED) is 0.342. The lowest BCUT2D eigenvalue weighted by atomic mass is 9.64. The van der Waals surface area contributed by atoms with Crippen LogP contribution in [0.3, 0.4) is 0 Å². The molecule has 0 bridgehead atoms. The normalized spacial score (nSPS) is 19.4. The topological polar surface area (TPSA) is 99.2 Å². The molecular formula is C21H30BN3O5. The number of likely N-dealkylation sites (N-methyl/N-ethyl adjacent to an activating group) is 1. The molecule has 2 heterocycles. The van der Waals surface area contributed by atoms with Crippen LogP contribution in [0.2, 0.25) is 5.82 Å². The average molecular weight is 415 g/mol. The number of fused-ring (bicyclic) bond motifs is 1. The predicted octanol–water partition coefficient (Wildman–Crippen LogP) is 0.388. The van der Waals surface area contributed by atoms with Crippen LogP contribution in [0.15, 0.2) is 18.2 Å². The number of nitrogens with zero attached hydrogens (tertiary/aromatic N) is 2. The summed E-state index contributed by atoms with van der Waals surface area (Å²) in [6.07, 6.45) is 0.578. The molecule has 0 spiro atoms. The van der Waals surface area contributed by atoms with Gasteiger partial charge in [-0.05, 0) is 31.5 Å². The smallest absolute Gasteiger partial charge is 0.526 e. The summed E-state index contributed by atoms with van der Waals surface area (Å²) in [6.45, 7) is 7.73. The Bertz CT molecular complexity index is 803. The number of piperazine rings is 1. The van der Waals surface area contributed by atoms with E-state index in [4.69, 9.17) is 4.65 Å². The molecule has 0 radical (unpaired) electrons. The first-order valence-electron chi connectivity index (χ1n) is 10.6. The predicted molar refractivity (Wildman–Crippen MR) is 114 cm³/mol. The molecule has 30 heavy (non-hydrogen) atoms. The number of carbonyl (C=O) groups excluding carboxylic acids is 3. The number of para-hydroxylation sites is 1. The first-order chi connectivity index (χ1) is 14.4. The summed E-state index contributed by atoms with van der Waals surface area (Å²) in [5.74, 6) is -0.253. The SMILES string of the molecule is CCNCCN1CCN(CC(=O)C[C@H]2Cc3cccc(C(C)=O)c3OB2O)C(=O)C1. The fraction of sp³-hybridized carbons (Fsp3) is 0.571. The molecule has 0 saturated carbocycles. The van der Waals surface area contributed by atoms with E-state index in [1.54, 1.807) is 17.0 Å². The van der Waals surface area contributed by atoms with Crippen LogP contribution < -0.4 is 9.97 Å². The molecule has 162 valence electrons. The van der Waals surface area contributed by atoms with Crippen molar-refractivity contribution in [2.75, 3.05) is 45.8 Å². The van der Waals surface area contributed by atoms with Gasteiger partial charge in [0, 0.05) is 38.4 Å². The van der Waals surface area contributed by atoms with E-state index in [0.29, 0.717) is 30.8 Å². The molecule has 1 aromatic rings. The third-order valence-electron chi connectivity index (χ3n) is 5.71. The van der Waals surface area contributed by atoms with Gasteiger partial charge in [0.1, 0.15) is 5.75 Å². The van der Waals surface area contributed by atoms with Crippen LogP contribution in [-0.2, 0) is 16.0 Å². The van der Waals surface area contributed by atoms with Gasteiger partial charge in [-0.15, -0.1) is 0 Å². The summed E-state index contributed by atoms with van der Waals surface area (Å²) in [7, 11) is -1.15. The highest BCUT2D eigenvalue weighted by molar-refractivity contribution is 6.47. The Morgan fingerprint density at radius 1 is 1.33 bits per heavy atom. The molecule has 1 fully saturated rings. The van der Waals surface area contributed by atoms with Gasteiger partial charge in [-0.2, -0.15) is 0 Å². The number of ketones is 2. The van der Waals surface area contributed by atoms with Crippen molar-refractivity contribution in [2.24, 2.45) is 0 Å². The van der Waals surface area contributed by atoms with E-state index in [2.05, 4.69) is 10.2 Å². The standard InChI is InChI=1S/C21H30BN3O5/c1-3-23-7-8-24-9-10-25(20(28)14-24)13-18(27)12-17-11-16-5-4-6-19(15(2)26)21(16)30-22(17)29/h4-6,17,23,29H,3,7-14H2,1-2H3/t17-/m1/s1. The molecule has 2 N–H and O–H groups in total. The minimum absolute atomic E-state index is 0.0389. The number of carbonyl (C=O) groups is 3. The zero-order valence-electron chi connectivity index (χ0n) is 17.7. The Hall–Kier alpha value is -2.23. The zero-order chi connectivity index (χ0) is 21.7. The Balaban J connectivity index is 1.52. The van der Waals surface area contributed by atoms with Gasteiger partial charge in [-0.1, -0.05) is 19.1 Å². The van der Waals surface area contributed by atoms with E-state index >= 15 is 0 Å². The van der Waals surface area contributed by atoms with Gasteiger partial charge in [-0.3, -0.25) is 19.3 Å². The average Bonchev–Trinajstić information content (AvgIpc) is 2.70. The number of benzene rings is 1. The number of amides is 1. The van der Waals surface area contributed by atoms with E-state index in [0.717, 1.165) is 31.7 Å². The minimum Gasteiger partial charge on any atom is -0.535 e. The van der Waals surface area contributed by atoms with Gasteiger partial charge in [0.2, 0.25) is 5.91 Å². The highest BCUT2D eigenvalue weighted by Crippen LogP contribution is 2.36. The molecule has 1 amide bonds. The van der Waals surface area contributed by atoms with Crippen molar-refractivity contribution in [3.8, 4) is 5.75 Å². The van der Waals surface area contributed by atoms with Crippen LogP contribution in [0, 0.1) is 0 Å². The molecule has 0 aliphatic carbocycles. The van der Waals surface area contributed by atoms with Crippen LogP contribution in [-0.4, -0.2) is 85.2 Å². The summed E-state index contributed by atoms with van der Waals surface area (Å²) in [6, 6.07) is 5.30. The molecular weight excluding hydrogens is 385 g/mol. The van der Waals surface area contributed by atoms with Gasteiger partial charge < -0.3 is 19.9 Å². The minimum atomic E-state index is -1.15. The van der Waals surface area contributed by atoms with Crippen molar-refractivity contribution in [3.63, 3.8) is 0 Å². The van der Waals surface area contributed by atoms with Gasteiger partial charge in [-0.25, -0.2) is 0 Å². The second kappa shape index (κ2) is 10.2. The number of rotatable bonds is 9. The van der Waals surface area contributed by atoms with Gasteiger partial charge in [0.25, 0.3) is 0 Å². The van der Waals surface area contributed by atoms with E-state index in [9.17, 15) is 19.4 Å². The van der Waals surface area contributed by atoms with Gasteiger partial charge in [0.05, 0.1) is 18.7 Å². The van der Waals surface area contributed by atoms with Crippen molar-refractivity contribution in [1.29, 1.82) is 0 Å². The molecule has 0 aromatic heterocycles. The van der Waals surface area contributed by atoms with Crippen molar-refractivity contribution in [1.82, 2.24) is 15.1 Å². The highest BCUT2D eigenvalue weighted by Gasteiger charge is 2.38. The fourth-order valence-electron chi connectivity index (χ4n) is 4.03. The van der Waals surface area contributed by atoms with Crippen LogP contribution >= 0.6 is 0 Å². The molecule has 2 aliphatic rings. The van der Waals surface area contributed by atoms with Crippen molar-refractivity contribution in [2.45, 2.75) is 32.5 Å². The van der Waals surface area contributed by atoms with E-state index in [1.165, 1.54) is 6.92 Å². The first-order valence-corrected chi connectivity index (χ1v) is 10.6. The lowest BCUT2D eigenvalue weighted by molar-refractivity contribution is -0.139.